The summed E-state index contributed by atoms with van der Waals surface area (Å²) >= 11 is 3.43. The van der Waals surface area contributed by atoms with Crippen molar-refractivity contribution < 1.29 is 13.2 Å². The number of benzene rings is 2. The lowest BCUT2D eigenvalue weighted by atomic mass is 10.1. The molecule has 0 radical (unpaired) electrons. The molecule has 0 bridgehead atoms. The molecule has 7 heteroatoms. The number of halogens is 1. The van der Waals surface area contributed by atoms with Crippen molar-refractivity contribution in [3.8, 4) is 0 Å². The SMILES string of the molecule is Cc1ccc(N(CCCC(=O)Nc2ccc(Br)c(C)c2)S(C)(=O)=O)cc1C. The van der Waals surface area contributed by atoms with E-state index in [-0.39, 0.29) is 18.9 Å². The van der Waals surface area contributed by atoms with Gasteiger partial charge in [-0.3, -0.25) is 9.10 Å². The molecule has 0 saturated heterocycles. The largest absolute Gasteiger partial charge is 0.326 e. The number of aryl methyl sites for hydroxylation is 3. The standard InChI is InChI=1S/C20H25BrN2O3S/c1-14-7-9-18(13-15(14)2)23(27(4,25)26)11-5-6-20(24)22-17-8-10-19(21)16(3)12-17/h7-10,12-13H,5-6,11H2,1-4H3,(H,22,24). The summed E-state index contributed by atoms with van der Waals surface area (Å²) in [5.74, 6) is -0.134. The van der Waals surface area contributed by atoms with E-state index in [1.165, 1.54) is 10.6 Å². The second-order valence-corrected chi connectivity index (χ2v) is 9.48. The van der Waals surface area contributed by atoms with Gasteiger partial charge in [-0.1, -0.05) is 22.0 Å². The van der Waals surface area contributed by atoms with E-state index in [2.05, 4.69) is 21.2 Å². The minimum Gasteiger partial charge on any atom is -0.326 e. The van der Waals surface area contributed by atoms with E-state index in [9.17, 15) is 13.2 Å². The molecule has 0 saturated carbocycles. The van der Waals surface area contributed by atoms with E-state index < -0.39 is 10.0 Å². The summed E-state index contributed by atoms with van der Waals surface area (Å²) in [6.45, 7) is 6.15. The number of hydrogen-bond acceptors (Lipinski definition) is 3. The van der Waals surface area contributed by atoms with Gasteiger partial charge in [-0.2, -0.15) is 0 Å². The lowest BCUT2D eigenvalue weighted by molar-refractivity contribution is -0.116. The van der Waals surface area contributed by atoms with Crippen LogP contribution in [0.5, 0.6) is 0 Å². The fourth-order valence-electron chi connectivity index (χ4n) is 2.70. The van der Waals surface area contributed by atoms with Crippen molar-refractivity contribution in [1.29, 1.82) is 0 Å². The molecular weight excluding hydrogens is 428 g/mol. The van der Waals surface area contributed by atoms with Crippen LogP contribution in [0.25, 0.3) is 0 Å². The van der Waals surface area contributed by atoms with E-state index in [0.717, 1.165) is 26.9 Å². The van der Waals surface area contributed by atoms with Gasteiger partial charge in [0, 0.05) is 23.1 Å². The highest BCUT2D eigenvalue weighted by Gasteiger charge is 2.18. The maximum Gasteiger partial charge on any atom is 0.232 e. The van der Waals surface area contributed by atoms with Crippen LogP contribution in [0.1, 0.15) is 29.5 Å². The predicted molar refractivity (Wildman–Crippen MR) is 115 cm³/mol. The highest BCUT2D eigenvalue weighted by Crippen LogP contribution is 2.22. The van der Waals surface area contributed by atoms with Crippen LogP contribution in [0.4, 0.5) is 11.4 Å². The maximum atomic E-state index is 12.2. The minimum atomic E-state index is -3.42. The highest BCUT2D eigenvalue weighted by molar-refractivity contribution is 9.10. The molecule has 2 aromatic carbocycles. The van der Waals surface area contributed by atoms with E-state index in [1.54, 1.807) is 6.07 Å². The van der Waals surface area contributed by atoms with Crippen LogP contribution >= 0.6 is 15.9 Å². The van der Waals surface area contributed by atoms with Crippen LogP contribution in [0.15, 0.2) is 40.9 Å². The van der Waals surface area contributed by atoms with Gasteiger partial charge >= 0.3 is 0 Å². The third kappa shape index (κ3) is 6.07. The van der Waals surface area contributed by atoms with Gasteiger partial charge < -0.3 is 5.32 Å². The molecule has 0 heterocycles. The number of hydrogen-bond donors (Lipinski definition) is 1. The number of nitrogens with zero attached hydrogens (tertiary/aromatic N) is 1. The molecule has 0 aliphatic rings. The lowest BCUT2D eigenvalue weighted by Gasteiger charge is -2.23. The number of nitrogens with one attached hydrogen (secondary N) is 1. The molecule has 1 N–H and O–H groups in total. The highest BCUT2D eigenvalue weighted by atomic mass is 79.9. The fraction of sp³-hybridized carbons (Fsp3) is 0.350. The normalized spacial score (nSPS) is 11.3. The first kappa shape index (κ1) is 21.4. The molecule has 0 unspecified atom stereocenters. The zero-order valence-corrected chi connectivity index (χ0v) is 18.4. The Hall–Kier alpha value is -1.86. The van der Waals surface area contributed by atoms with Gasteiger partial charge in [-0.25, -0.2) is 8.42 Å². The number of amides is 1. The molecule has 0 fully saturated rings. The van der Waals surface area contributed by atoms with Crippen molar-refractivity contribution in [2.75, 3.05) is 22.4 Å². The van der Waals surface area contributed by atoms with Crippen LogP contribution in [-0.4, -0.2) is 27.1 Å². The van der Waals surface area contributed by atoms with Crippen molar-refractivity contribution in [2.45, 2.75) is 33.6 Å². The van der Waals surface area contributed by atoms with Crippen LogP contribution in [0, 0.1) is 20.8 Å². The summed E-state index contributed by atoms with van der Waals surface area (Å²) in [4.78, 5) is 12.2. The van der Waals surface area contributed by atoms with Gasteiger partial charge in [-0.15, -0.1) is 0 Å². The first-order valence-electron chi connectivity index (χ1n) is 8.69. The molecule has 2 rings (SSSR count). The van der Waals surface area contributed by atoms with E-state index in [0.29, 0.717) is 12.1 Å². The van der Waals surface area contributed by atoms with Gasteiger partial charge in [0.15, 0.2) is 0 Å². The minimum absolute atomic E-state index is 0.134. The molecule has 0 spiro atoms. The molecule has 0 aliphatic carbocycles. The van der Waals surface area contributed by atoms with E-state index in [4.69, 9.17) is 0 Å². The van der Waals surface area contributed by atoms with Gasteiger partial charge in [0.1, 0.15) is 0 Å². The number of sulfonamides is 1. The second-order valence-electron chi connectivity index (χ2n) is 6.72. The Morgan fingerprint density at radius 2 is 1.74 bits per heavy atom. The Labute approximate surface area is 170 Å². The number of rotatable bonds is 7. The molecule has 0 aliphatic heterocycles. The topological polar surface area (TPSA) is 66.5 Å². The van der Waals surface area contributed by atoms with Crippen molar-refractivity contribution in [3.05, 3.63) is 57.6 Å². The Morgan fingerprint density at radius 3 is 2.33 bits per heavy atom. The smallest absolute Gasteiger partial charge is 0.232 e. The van der Waals surface area contributed by atoms with Gasteiger partial charge in [0.2, 0.25) is 15.9 Å². The van der Waals surface area contributed by atoms with E-state index in [1.807, 2.05) is 51.1 Å². The second kappa shape index (κ2) is 8.89. The third-order valence-electron chi connectivity index (χ3n) is 4.39. The molecule has 2 aromatic rings. The Bertz CT molecular complexity index is 942. The average Bonchev–Trinajstić information content (AvgIpc) is 2.57. The number of anilines is 2. The quantitative estimate of drug-likeness (QED) is 0.669. The summed E-state index contributed by atoms with van der Waals surface area (Å²) in [7, 11) is -3.42. The molecule has 146 valence electrons. The van der Waals surface area contributed by atoms with Crippen molar-refractivity contribution >= 4 is 43.2 Å². The predicted octanol–water partition coefficient (Wildman–Crippen LogP) is 4.56. The zero-order chi connectivity index (χ0) is 20.2. The van der Waals surface area contributed by atoms with Crippen molar-refractivity contribution in [2.24, 2.45) is 0 Å². The Morgan fingerprint density at radius 1 is 1.04 bits per heavy atom. The van der Waals surface area contributed by atoms with Crippen molar-refractivity contribution in [1.82, 2.24) is 0 Å². The van der Waals surface area contributed by atoms with Gasteiger partial charge in [0.05, 0.1) is 11.9 Å². The average molecular weight is 453 g/mol. The Kier molecular flexibility index (Phi) is 7.06. The Balaban J connectivity index is 1.99. The molecule has 1 amide bonds. The summed E-state index contributed by atoms with van der Waals surface area (Å²) in [5.41, 5.74) is 4.53. The lowest BCUT2D eigenvalue weighted by Crippen LogP contribution is -2.31. The fourth-order valence-corrected chi connectivity index (χ4v) is 3.90. The summed E-state index contributed by atoms with van der Waals surface area (Å²) < 4.78 is 26.7. The maximum absolute atomic E-state index is 12.2. The van der Waals surface area contributed by atoms with Gasteiger partial charge in [0.25, 0.3) is 0 Å². The molecular formula is C20H25BrN2O3S. The van der Waals surface area contributed by atoms with Crippen molar-refractivity contribution in [3.63, 3.8) is 0 Å². The first-order chi connectivity index (χ1) is 12.6. The monoisotopic (exact) mass is 452 g/mol. The molecule has 5 nitrogen and oxygen atoms in total. The van der Waals surface area contributed by atoms with Crippen LogP contribution in [-0.2, 0) is 14.8 Å². The third-order valence-corrected chi connectivity index (χ3v) is 6.47. The number of carbonyl (C=O) groups excluding carboxylic acids is 1. The zero-order valence-electron chi connectivity index (χ0n) is 16.0. The van der Waals surface area contributed by atoms with Crippen LogP contribution in [0.3, 0.4) is 0 Å². The summed E-state index contributed by atoms with van der Waals surface area (Å²) in [6, 6.07) is 11.2. The summed E-state index contributed by atoms with van der Waals surface area (Å²) in [6.07, 6.45) is 1.86. The first-order valence-corrected chi connectivity index (χ1v) is 11.3. The molecule has 0 aromatic heterocycles. The summed E-state index contributed by atoms with van der Waals surface area (Å²) in [5, 5.41) is 2.85. The van der Waals surface area contributed by atoms with Crippen LogP contribution < -0.4 is 9.62 Å². The van der Waals surface area contributed by atoms with Gasteiger partial charge in [-0.05, 0) is 74.2 Å². The molecule has 27 heavy (non-hydrogen) atoms. The van der Waals surface area contributed by atoms with E-state index >= 15 is 0 Å². The van der Waals surface area contributed by atoms with Crippen LogP contribution in [0.2, 0.25) is 0 Å². The number of carbonyl (C=O) groups is 1. The molecule has 0 atom stereocenters.